The summed E-state index contributed by atoms with van der Waals surface area (Å²) in [6, 6.07) is 0. The first kappa shape index (κ1) is 60.8. The van der Waals surface area contributed by atoms with Gasteiger partial charge >= 0.3 is 0 Å². The van der Waals surface area contributed by atoms with E-state index in [9.17, 15) is 5.11 Å². The number of aliphatic hydroxyl groups is 1. The van der Waals surface area contributed by atoms with Gasteiger partial charge in [-0.1, -0.05) is 272 Å². The van der Waals surface area contributed by atoms with E-state index in [1.54, 1.807) is 0 Å². The van der Waals surface area contributed by atoms with E-state index >= 15 is 0 Å². The van der Waals surface area contributed by atoms with Gasteiger partial charge in [0.1, 0.15) is 6.61 Å². The Bertz CT molecular complexity index is 759. The number of nitrogens with one attached hydrogen (secondary N) is 1. The maximum atomic E-state index is 11.5. The Morgan fingerprint density at radius 1 is 0.279 bits per heavy atom. The van der Waals surface area contributed by atoms with Crippen molar-refractivity contribution in [3.05, 3.63) is 0 Å². The molecule has 0 rings (SSSR count). The first-order valence-electron chi connectivity index (χ1n) is 28.0. The lowest BCUT2D eigenvalue weighted by Crippen LogP contribution is -2.70. The van der Waals surface area contributed by atoms with Gasteiger partial charge in [0.2, 0.25) is 0 Å². The first-order valence-corrected chi connectivity index (χ1v) is 28.0. The molecule has 0 aromatic heterocycles. The third-order valence-corrected chi connectivity index (χ3v) is 12.9. The van der Waals surface area contributed by atoms with Crippen LogP contribution in [0.25, 0.3) is 0 Å². The second-order valence-electron chi connectivity index (χ2n) is 18.9. The van der Waals surface area contributed by atoms with Crippen LogP contribution in [0.3, 0.4) is 0 Å². The Labute approximate surface area is 383 Å². The number of hydrogen-bond donors (Lipinski definition) is 2. The highest BCUT2D eigenvalue weighted by atomic mass is 16.8. The zero-order valence-corrected chi connectivity index (χ0v) is 42.5. The molecule has 0 saturated heterocycles. The second kappa shape index (κ2) is 49.2. The molecule has 0 bridgehead atoms. The second-order valence-corrected chi connectivity index (χ2v) is 18.9. The summed E-state index contributed by atoms with van der Waals surface area (Å²) in [5.74, 6) is -2.80. The van der Waals surface area contributed by atoms with Gasteiger partial charge < -0.3 is 24.1 Å². The van der Waals surface area contributed by atoms with Crippen molar-refractivity contribution in [2.75, 3.05) is 39.6 Å². The monoisotopic (exact) mass is 868 g/mol. The minimum absolute atomic E-state index is 0.308. The molecule has 0 radical (unpaired) electrons. The highest BCUT2D eigenvalue weighted by Crippen LogP contribution is 2.33. The van der Waals surface area contributed by atoms with Crippen LogP contribution < -0.4 is 5.32 Å². The van der Waals surface area contributed by atoms with Crippen LogP contribution in [0.15, 0.2) is 0 Å². The lowest BCUT2D eigenvalue weighted by atomic mass is 10.1. The molecular weight excluding hydrogens is 755 g/mol. The van der Waals surface area contributed by atoms with Crippen molar-refractivity contribution in [1.29, 1.82) is 0 Å². The Morgan fingerprint density at radius 3 is 0.721 bits per heavy atom. The normalized spacial score (nSPS) is 12.3. The Kier molecular flexibility index (Phi) is 49.0. The molecule has 0 aromatic carbocycles. The van der Waals surface area contributed by atoms with Crippen molar-refractivity contribution in [2.24, 2.45) is 0 Å². The first-order chi connectivity index (χ1) is 30.1. The van der Waals surface area contributed by atoms with E-state index in [1.165, 1.54) is 205 Å². The summed E-state index contributed by atoms with van der Waals surface area (Å²) in [6.45, 7) is 14.0. The van der Waals surface area contributed by atoms with Gasteiger partial charge in [0.25, 0.3) is 11.7 Å². The molecule has 0 aliphatic carbocycles. The largest absolute Gasteiger partial charge is 0.390 e. The summed E-state index contributed by atoms with van der Waals surface area (Å²) in [5, 5.41) is 15.2. The summed E-state index contributed by atoms with van der Waals surface area (Å²) < 4.78 is 27.6. The summed E-state index contributed by atoms with van der Waals surface area (Å²) in [6.07, 6.45) is 53.0. The van der Waals surface area contributed by atoms with Gasteiger partial charge in [0, 0.05) is 6.54 Å². The topological polar surface area (TPSA) is 69.2 Å². The molecular formula is C55H113NO5. The molecule has 0 spiro atoms. The van der Waals surface area contributed by atoms with Crippen LogP contribution in [0.5, 0.6) is 0 Å². The maximum Gasteiger partial charge on any atom is 0.287 e. The predicted octanol–water partition coefficient (Wildman–Crippen LogP) is 17.5. The molecule has 61 heavy (non-hydrogen) atoms. The molecule has 0 atom stereocenters. The Hall–Kier alpha value is -0.240. The number of aliphatic hydroxyl groups excluding tert-OH is 1. The predicted molar refractivity (Wildman–Crippen MR) is 267 cm³/mol. The van der Waals surface area contributed by atoms with Gasteiger partial charge in [0.05, 0.1) is 26.4 Å². The van der Waals surface area contributed by atoms with E-state index in [1.807, 2.05) is 0 Å². The van der Waals surface area contributed by atoms with Crippen LogP contribution in [-0.4, -0.2) is 56.4 Å². The Balaban J connectivity index is 5.81. The molecule has 0 aromatic rings. The average molecular weight is 869 g/mol. The van der Waals surface area contributed by atoms with Gasteiger partial charge in [-0.05, 0) is 32.1 Å². The smallest absolute Gasteiger partial charge is 0.287 e. The summed E-state index contributed by atoms with van der Waals surface area (Å²) >= 11 is 0. The van der Waals surface area contributed by atoms with Gasteiger partial charge in [-0.2, -0.15) is 0 Å². The van der Waals surface area contributed by atoms with Crippen LogP contribution in [0, 0.1) is 0 Å². The van der Waals surface area contributed by atoms with Crippen molar-refractivity contribution in [3.63, 3.8) is 0 Å². The minimum Gasteiger partial charge on any atom is -0.390 e. The standard InChI is InChI=1S/C55H113NO5/c1-6-11-16-20-24-28-32-36-40-44-49-58-54(53-57,59-50-45-41-37-33-29-25-21-17-12-7-2)55(56-48-15-10-5,60-51-46-42-38-34-30-26-22-18-13-8-3)61-52-47-43-39-35-31-27-23-19-14-9-4/h56-57H,6-53H2,1-5H3. The van der Waals surface area contributed by atoms with Gasteiger partial charge in [0.15, 0.2) is 0 Å². The van der Waals surface area contributed by atoms with E-state index in [2.05, 4.69) is 39.9 Å². The van der Waals surface area contributed by atoms with Crippen molar-refractivity contribution >= 4 is 0 Å². The zero-order chi connectivity index (χ0) is 44.5. The average Bonchev–Trinajstić information content (AvgIpc) is 3.27. The third kappa shape index (κ3) is 36.6. The van der Waals surface area contributed by atoms with Crippen LogP contribution in [0.4, 0.5) is 0 Å². The quantitative estimate of drug-likeness (QED) is 0.0469. The molecule has 0 aliphatic rings. The van der Waals surface area contributed by atoms with Crippen molar-refractivity contribution in [1.82, 2.24) is 5.32 Å². The molecule has 2 N–H and O–H groups in total. The van der Waals surface area contributed by atoms with Crippen molar-refractivity contribution < 1.29 is 24.1 Å². The molecule has 0 fully saturated rings. The third-order valence-electron chi connectivity index (χ3n) is 12.9. The molecule has 0 amide bonds. The molecule has 6 heteroatoms. The van der Waals surface area contributed by atoms with E-state index in [4.69, 9.17) is 18.9 Å². The molecule has 6 nitrogen and oxygen atoms in total. The molecule has 0 heterocycles. The van der Waals surface area contributed by atoms with Crippen LogP contribution >= 0.6 is 0 Å². The van der Waals surface area contributed by atoms with Gasteiger partial charge in [-0.15, -0.1) is 0 Å². The number of rotatable bonds is 54. The highest BCUT2D eigenvalue weighted by Gasteiger charge is 2.57. The zero-order valence-electron chi connectivity index (χ0n) is 42.5. The van der Waals surface area contributed by atoms with Crippen LogP contribution in [0.1, 0.15) is 304 Å². The molecule has 0 saturated carbocycles. The molecule has 368 valence electrons. The fraction of sp³-hybridized carbons (Fsp3) is 1.00. The minimum atomic E-state index is -1.43. The maximum absolute atomic E-state index is 11.5. The fourth-order valence-corrected chi connectivity index (χ4v) is 8.62. The van der Waals surface area contributed by atoms with Crippen LogP contribution in [-0.2, 0) is 18.9 Å². The van der Waals surface area contributed by atoms with Crippen molar-refractivity contribution in [3.8, 4) is 0 Å². The fourth-order valence-electron chi connectivity index (χ4n) is 8.62. The molecule has 0 unspecified atom stereocenters. The van der Waals surface area contributed by atoms with Crippen LogP contribution in [0.2, 0.25) is 0 Å². The molecule has 0 aliphatic heterocycles. The lowest BCUT2D eigenvalue weighted by Gasteiger charge is -2.47. The van der Waals surface area contributed by atoms with E-state index in [0.29, 0.717) is 26.4 Å². The summed E-state index contributed by atoms with van der Waals surface area (Å²) in [7, 11) is 0. The lowest BCUT2D eigenvalue weighted by molar-refractivity contribution is -0.429. The Morgan fingerprint density at radius 2 is 0.492 bits per heavy atom. The number of ether oxygens (including phenoxy) is 4. The summed E-state index contributed by atoms with van der Waals surface area (Å²) in [5.41, 5.74) is 0. The summed E-state index contributed by atoms with van der Waals surface area (Å²) in [4.78, 5) is 0. The van der Waals surface area contributed by atoms with E-state index in [0.717, 1.165) is 70.8 Å². The van der Waals surface area contributed by atoms with Gasteiger partial charge in [-0.3, -0.25) is 5.32 Å². The highest BCUT2D eigenvalue weighted by molar-refractivity contribution is 4.89. The van der Waals surface area contributed by atoms with E-state index < -0.39 is 11.7 Å². The number of unbranched alkanes of at least 4 members (excludes halogenated alkanes) is 37. The van der Waals surface area contributed by atoms with Crippen molar-refractivity contribution in [2.45, 2.75) is 316 Å². The van der Waals surface area contributed by atoms with E-state index in [-0.39, 0.29) is 6.61 Å². The number of hydrogen-bond acceptors (Lipinski definition) is 6. The van der Waals surface area contributed by atoms with Gasteiger partial charge in [-0.25, -0.2) is 0 Å². The SMILES string of the molecule is CCCCCCCCCCCCOC(CO)(OCCCCCCCCCCCC)C(NCCCC)(OCCCCCCCCCCCC)OCCCCCCCCCCCC.